The number of piperazine rings is 2. The van der Waals surface area contributed by atoms with Crippen LogP contribution in [0.25, 0.3) is 11.1 Å². The van der Waals surface area contributed by atoms with Gasteiger partial charge in [0.05, 0.1) is 17.8 Å². The minimum absolute atomic E-state index is 0.00320. The first-order chi connectivity index (χ1) is 35.8. The first-order valence-corrected chi connectivity index (χ1v) is 27.0. The summed E-state index contributed by atoms with van der Waals surface area (Å²) in [5.74, 6) is -1.68. The van der Waals surface area contributed by atoms with Gasteiger partial charge < -0.3 is 35.5 Å². The van der Waals surface area contributed by atoms with Gasteiger partial charge in [-0.3, -0.25) is 29.4 Å². The van der Waals surface area contributed by atoms with E-state index < -0.39 is 34.9 Å². The van der Waals surface area contributed by atoms with E-state index in [-0.39, 0.29) is 60.4 Å². The lowest BCUT2D eigenvalue weighted by molar-refractivity contribution is -0.134. The average Bonchev–Trinajstić information content (AvgIpc) is 3.40. The Morgan fingerprint density at radius 1 is 0.747 bits per heavy atom. The third-order valence-corrected chi connectivity index (χ3v) is 13.3. The number of nitrogens with one attached hydrogen (secondary N) is 2. The van der Waals surface area contributed by atoms with E-state index in [4.69, 9.17) is 15.9 Å². The summed E-state index contributed by atoms with van der Waals surface area (Å²) >= 11 is 0. The molecule has 4 N–H and O–H groups in total. The molecule has 0 bridgehead atoms. The molecule has 1 unspecified atom stereocenters. The SMILES string of the molecule is CC.CC.CC.CCc1cccc(-c2cnc(C(=O)N3CCC(CN4CCN(CC(=O)N5CCN(C(=O)c6cc(CC(=N)c7ccccc7C(N)=O)ccc6F)CC5)CC4)CC3(C)C)c(NC(=O)OC(C)(C)C)c2)c1. The summed E-state index contributed by atoms with van der Waals surface area (Å²) in [5, 5.41) is 11.4. The van der Waals surface area contributed by atoms with Crippen LogP contribution in [0, 0.1) is 17.1 Å². The Kier molecular flexibility index (Phi) is 23.1. The molecule has 3 saturated heterocycles. The highest BCUT2D eigenvalue weighted by molar-refractivity contribution is 6.09. The fourth-order valence-electron chi connectivity index (χ4n) is 9.69. The fourth-order valence-corrected chi connectivity index (χ4v) is 9.69. The van der Waals surface area contributed by atoms with Crippen molar-refractivity contribution in [1.29, 1.82) is 5.41 Å². The normalized spacial score (nSPS) is 16.7. The Bertz CT molecular complexity index is 2580. The van der Waals surface area contributed by atoms with E-state index in [0.717, 1.165) is 63.1 Å². The second-order valence-electron chi connectivity index (χ2n) is 20.1. The lowest BCUT2D eigenvalue weighted by Crippen LogP contribution is -2.56. The summed E-state index contributed by atoms with van der Waals surface area (Å²) in [4.78, 5) is 80.9. The van der Waals surface area contributed by atoms with Gasteiger partial charge in [-0.25, -0.2) is 14.2 Å². The van der Waals surface area contributed by atoms with E-state index in [2.05, 4.69) is 53.0 Å². The van der Waals surface area contributed by atoms with E-state index in [9.17, 15) is 24.0 Å². The lowest BCUT2D eigenvalue weighted by Gasteiger charge is -2.47. The van der Waals surface area contributed by atoms with Crippen molar-refractivity contribution in [2.45, 2.75) is 120 Å². The lowest BCUT2D eigenvalue weighted by atomic mass is 9.82. The molecule has 3 aliphatic heterocycles. The second kappa shape index (κ2) is 28.4. The van der Waals surface area contributed by atoms with Gasteiger partial charge in [-0.05, 0) is 101 Å². The van der Waals surface area contributed by atoms with Gasteiger partial charge >= 0.3 is 6.09 Å². The van der Waals surface area contributed by atoms with Crippen LogP contribution in [0.3, 0.4) is 0 Å². The summed E-state index contributed by atoms with van der Waals surface area (Å²) in [7, 11) is 0. The number of hydrogen-bond acceptors (Lipinski definition) is 10. The zero-order chi connectivity index (χ0) is 55.6. The average molecular weight is 1030 g/mol. The zero-order valence-corrected chi connectivity index (χ0v) is 46.8. The van der Waals surface area contributed by atoms with Gasteiger partial charge in [0.15, 0.2) is 5.69 Å². The van der Waals surface area contributed by atoms with Crippen LogP contribution < -0.4 is 11.1 Å². The van der Waals surface area contributed by atoms with Crippen LogP contribution in [-0.2, 0) is 22.4 Å². The summed E-state index contributed by atoms with van der Waals surface area (Å²) in [6, 6.07) is 20.7. The number of anilines is 1. The van der Waals surface area contributed by atoms with Crippen molar-refractivity contribution in [2.24, 2.45) is 11.7 Å². The molecule has 0 aliphatic carbocycles. The number of nitrogens with zero attached hydrogens (tertiary/aromatic N) is 6. The molecule has 1 aromatic heterocycles. The molecule has 7 rings (SSSR count). The van der Waals surface area contributed by atoms with Gasteiger partial charge in [-0.15, -0.1) is 0 Å². The molecular weight excluding hydrogens is 950 g/mol. The first kappa shape index (κ1) is 61.0. The molecule has 3 aliphatic rings. The number of pyridine rings is 1. The van der Waals surface area contributed by atoms with Gasteiger partial charge in [-0.1, -0.05) is 97.0 Å². The summed E-state index contributed by atoms with van der Waals surface area (Å²) in [6.45, 7) is 29.7. The number of halogens is 1. The summed E-state index contributed by atoms with van der Waals surface area (Å²) in [6.07, 6.45) is 3.59. The quantitative estimate of drug-likeness (QED) is 0.110. The van der Waals surface area contributed by atoms with Crippen molar-refractivity contribution in [1.82, 2.24) is 29.5 Å². The number of hydrogen-bond donors (Lipinski definition) is 3. The molecule has 3 aromatic carbocycles. The number of rotatable bonds is 13. The van der Waals surface area contributed by atoms with Crippen molar-refractivity contribution < 1.29 is 33.1 Å². The molecule has 15 nitrogen and oxygen atoms in total. The second-order valence-corrected chi connectivity index (χ2v) is 20.1. The molecule has 408 valence electrons. The number of primary amides is 1. The number of piperidine rings is 1. The molecule has 75 heavy (non-hydrogen) atoms. The number of carbonyl (C=O) groups excluding carboxylic acids is 5. The molecule has 5 amide bonds. The van der Waals surface area contributed by atoms with Gasteiger partial charge in [0.2, 0.25) is 11.8 Å². The van der Waals surface area contributed by atoms with Gasteiger partial charge in [0, 0.05) is 106 Å². The molecule has 4 aromatic rings. The van der Waals surface area contributed by atoms with Crippen LogP contribution in [0.4, 0.5) is 14.9 Å². The minimum Gasteiger partial charge on any atom is -0.444 e. The Hall–Kier alpha value is -6.52. The maximum Gasteiger partial charge on any atom is 0.412 e. The third kappa shape index (κ3) is 16.7. The predicted molar refractivity (Wildman–Crippen MR) is 298 cm³/mol. The third-order valence-electron chi connectivity index (χ3n) is 13.3. The fraction of sp³-hybridized carbons (Fsp3) is 0.508. The standard InChI is InChI=1S/C53H66FN9O6.3C2H6/c1-7-35-11-10-12-38(27-35)39-30-45(58-51(68)69-52(2,3)4)47(57-32-39)50(67)63-18-17-37(31-53(63,5)6)33-59-19-21-60(22-20-59)34-46(64)61-23-25-62(26-24-61)49(66)42-28-36(15-16-43(42)54)29-44(55)40-13-8-9-14-41(40)48(56)65;3*1-2/h8-16,27-28,30,32,37,55H,7,17-26,29,31,33-34H2,1-6H3,(H2,56,65)(H,58,68);3*1-2H3. The maximum absolute atomic E-state index is 15.0. The Morgan fingerprint density at radius 3 is 1.99 bits per heavy atom. The number of benzene rings is 3. The van der Waals surface area contributed by atoms with E-state index in [1.807, 2.05) is 58.6 Å². The van der Waals surface area contributed by atoms with Gasteiger partial charge in [0.1, 0.15) is 11.4 Å². The van der Waals surface area contributed by atoms with E-state index in [1.165, 1.54) is 23.8 Å². The van der Waals surface area contributed by atoms with Crippen LogP contribution in [0.2, 0.25) is 0 Å². The van der Waals surface area contributed by atoms with Crippen LogP contribution in [-0.4, -0.2) is 148 Å². The highest BCUT2D eigenvalue weighted by Crippen LogP contribution is 2.35. The number of nitrogens with two attached hydrogens (primary N) is 1. The Morgan fingerprint density at radius 2 is 1.37 bits per heavy atom. The van der Waals surface area contributed by atoms with Crippen molar-refractivity contribution in [2.75, 3.05) is 77.3 Å². The molecule has 16 heteroatoms. The number of aryl methyl sites for hydroxylation is 1. The molecule has 0 radical (unpaired) electrons. The Balaban J connectivity index is 0.00000196. The van der Waals surface area contributed by atoms with Crippen molar-refractivity contribution >= 4 is 41.1 Å². The molecule has 1 atom stereocenters. The van der Waals surface area contributed by atoms with Crippen molar-refractivity contribution in [3.8, 4) is 11.1 Å². The van der Waals surface area contributed by atoms with Crippen LogP contribution in [0.5, 0.6) is 0 Å². The number of amides is 5. The molecular formula is C59H84FN9O6. The molecule has 4 heterocycles. The molecule has 0 saturated carbocycles. The highest BCUT2D eigenvalue weighted by atomic mass is 19.1. The molecule has 0 spiro atoms. The van der Waals surface area contributed by atoms with Crippen LogP contribution >= 0.6 is 0 Å². The maximum atomic E-state index is 15.0. The van der Waals surface area contributed by atoms with E-state index >= 15 is 4.39 Å². The van der Waals surface area contributed by atoms with Crippen LogP contribution in [0.15, 0.2) is 79.0 Å². The van der Waals surface area contributed by atoms with Gasteiger partial charge in [-0.2, -0.15) is 0 Å². The Labute approximate surface area is 445 Å². The number of aromatic nitrogens is 1. The zero-order valence-electron chi connectivity index (χ0n) is 46.8. The number of likely N-dealkylation sites (tertiary alicyclic amines) is 1. The monoisotopic (exact) mass is 1030 g/mol. The van der Waals surface area contributed by atoms with Gasteiger partial charge in [0.25, 0.3) is 11.8 Å². The first-order valence-electron chi connectivity index (χ1n) is 27.0. The van der Waals surface area contributed by atoms with Crippen LogP contribution in [0.1, 0.15) is 144 Å². The topological polar surface area (TPSA) is 186 Å². The highest BCUT2D eigenvalue weighted by Gasteiger charge is 2.40. The molecule has 3 fully saturated rings. The van der Waals surface area contributed by atoms with E-state index in [0.29, 0.717) is 42.4 Å². The number of carbonyl (C=O) groups is 5. The predicted octanol–water partition coefficient (Wildman–Crippen LogP) is 9.82. The van der Waals surface area contributed by atoms with E-state index in [1.54, 1.807) is 67.1 Å². The summed E-state index contributed by atoms with van der Waals surface area (Å²) in [5.41, 5.74) is 8.83. The number of ether oxygens (including phenoxy) is 1. The minimum atomic E-state index is -0.730. The van der Waals surface area contributed by atoms with Crippen molar-refractivity contribution in [3.05, 3.63) is 118 Å². The largest absolute Gasteiger partial charge is 0.444 e. The smallest absolute Gasteiger partial charge is 0.412 e. The van der Waals surface area contributed by atoms with Crippen molar-refractivity contribution in [3.63, 3.8) is 0 Å². The summed E-state index contributed by atoms with van der Waals surface area (Å²) < 4.78 is 20.6.